The lowest BCUT2D eigenvalue weighted by Gasteiger charge is -2.17. The monoisotopic (exact) mass is 270 g/mol. The summed E-state index contributed by atoms with van der Waals surface area (Å²) >= 11 is 0. The van der Waals surface area contributed by atoms with Crippen LogP contribution in [0.2, 0.25) is 0 Å². The third-order valence-electron chi connectivity index (χ3n) is 2.54. The summed E-state index contributed by atoms with van der Waals surface area (Å²) < 4.78 is 36.9. The molecule has 19 heavy (non-hydrogen) atoms. The molecule has 0 saturated heterocycles. The van der Waals surface area contributed by atoms with Crippen LogP contribution in [0.4, 0.5) is 24.9 Å². The molecule has 7 heteroatoms. The van der Waals surface area contributed by atoms with Crippen LogP contribution >= 0.6 is 0 Å². The first kappa shape index (κ1) is 13.4. The topological polar surface area (TPSA) is 63.8 Å². The van der Waals surface area contributed by atoms with Crippen LogP contribution in [0.3, 0.4) is 0 Å². The number of fused-ring (bicyclic) bond motifs is 1. The minimum atomic E-state index is -4.22. The fourth-order valence-corrected chi connectivity index (χ4v) is 1.84. The molecule has 0 radical (unpaired) electrons. The van der Waals surface area contributed by atoms with Crippen molar-refractivity contribution in [2.24, 2.45) is 0 Å². The Bertz CT molecular complexity index is 583. The molecule has 0 aliphatic carbocycles. The van der Waals surface area contributed by atoms with E-state index in [-0.39, 0.29) is 5.95 Å². The van der Waals surface area contributed by atoms with Crippen LogP contribution in [0.5, 0.6) is 0 Å². The zero-order chi connectivity index (χ0) is 14.0. The van der Waals surface area contributed by atoms with E-state index < -0.39 is 18.6 Å². The lowest BCUT2D eigenvalue weighted by molar-refractivity contribution is -0.136. The van der Waals surface area contributed by atoms with Gasteiger partial charge in [-0.2, -0.15) is 18.2 Å². The maximum absolute atomic E-state index is 12.3. The molecule has 0 amide bonds. The predicted octanol–water partition coefficient (Wildman–Crippen LogP) is 2.96. The molecule has 1 aromatic carbocycles. The average Bonchev–Trinajstić information content (AvgIpc) is 2.25. The molecule has 4 nitrogen and oxygen atoms in total. The standard InChI is InChI=1S/C12H13F3N4/c1-7(6-12(13,14)15)17-10-8-4-2-3-5-9(8)18-11(16)19-10/h2-5,7H,6H2,1H3,(H3,16,17,18,19). The highest BCUT2D eigenvalue weighted by Gasteiger charge is 2.30. The van der Waals surface area contributed by atoms with Crippen molar-refractivity contribution in [1.82, 2.24) is 9.97 Å². The molecule has 1 atom stereocenters. The Hall–Kier alpha value is -2.05. The van der Waals surface area contributed by atoms with Gasteiger partial charge < -0.3 is 11.1 Å². The maximum atomic E-state index is 12.3. The van der Waals surface area contributed by atoms with E-state index in [0.717, 1.165) is 0 Å². The van der Waals surface area contributed by atoms with Crippen molar-refractivity contribution in [2.75, 3.05) is 11.1 Å². The second-order valence-electron chi connectivity index (χ2n) is 4.31. The van der Waals surface area contributed by atoms with E-state index in [2.05, 4.69) is 15.3 Å². The fraction of sp³-hybridized carbons (Fsp3) is 0.333. The van der Waals surface area contributed by atoms with Gasteiger partial charge in [0.1, 0.15) is 5.82 Å². The van der Waals surface area contributed by atoms with Crippen LogP contribution in [0.1, 0.15) is 13.3 Å². The summed E-state index contributed by atoms with van der Waals surface area (Å²) in [5, 5.41) is 3.38. The number of rotatable bonds is 3. The number of alkyl halides is 3. The number of anilines is 2. The van der Waals surface area contributed by atoms with Crippen molar-refractivity contribution in [3.05, 3.63) is 24.3 Å². The molecule has 1 unspecified atom stereocenters. The Kier molecular flexibility index (Phi) is 3.46. The predicted molar refractivity (Wildman–Crippen MR) is 67.7 cm³/mol. The zero-order valence-corrected chi connectivity index (χ0v) is 10.2. The second-order valence-corrected chi connectivity index (χ2v) is 4.31. The van der Waals surface area contributed by atoms with E-state index in [1.54, 1.807) is 24.3 Å². The number of aromatic nitrogens is 2. The third kappa shape index (κ3) is 3.46. The van der Waals surface area contributed by atoms with Gasteiger partial charge in [0.15, 0.2) is 0 Å². The molecular weight excluding hydrogens is 257 g/mol. The van der Waals surface area contributed by atoms with Gasteiger partial charge in [-0.25, -0.2) is 4.98 Å². The molecule has 3 N–H and O–H groups in total. The molecule has 0 aliphatic heterocycles. The number of nitrogens with zero attached hydrogens (tertiary/aromatic N) is 2. The van der Waals surface area contributed by atoms with Gasteiger partial charge in [-0.3, -0.25) is 0 Å². The fourth-order valence-electron chi connectivity index (χ4n) is 1.84. The number of nitrogen functional groups attached to an aromatic ring is 1. The number of nitrogens with two attached hydrogens (primary N) is 1. The molecule has 1 heterocycles. The number of hydrogen-bond donors (Lipinski definition) is 2. The SMILES string of the molecule is CC(CC(F)(F)F)Nc1nc(N)nc2ccccc12. The average molecular weight is 270 g/mol. The lowest BCUT2D eigenvalue weighted by atomic mass is 10.2. The van der Waals surface area contributed by atoms with Crippen molar-refractivity contribution in [1.29, 1.82) is 0 Å². The summed E-state index contributed by atoms with van der Waals surface area (Å²) in [4.78, 5) is 7.98. The first-order valence-electron chi connectivity index (χ1n) is 5.71. The molecule has 0 aliphatic rings. The van der Waals surface area contributed by atoms with Crippen molar-refractivity contribution in [2.45, 2.75) is 25.6 Å². The Balaban J connectivity index is 2.29. The summed E-state index contributed by atoms with van der Waals surface area (Å²) in [5.41, 5.74) is 6.14. The van der Waals surface area contributed by atoms with Crippen LogP contribution in [-0.4, -0.2) is 22.2 Å². The Labute approximate surface area is 107 Å². The van der Waals surface area contributed by atoms with Gasteiger partial charge in [0, 0.05) is 11.4 Å². The highest BCUT2D eigenvalue weighted by atomic mass is 19.4. The van der Waals surface area contributed by atoms with Gasteiger partial charge in [0.2, 0.25) is 5.95 Å². The molecule has 1 aromatic heterocycles. The van der Waals surface area contributed by atoms with Crippen LogP contribution in [0.15, 0.2) is 24.3 Å². The highest BCUT2D eigenvalue weighted by molar-refractivity contribution is 5.89. The number of halogens is 3. The minimum absolute atomic E-state index is 0.0282. The van der Waals surface area contributed by atoms with E-state index in [1.807, 2.05) is 0 Å². The summed E-state index contributed by atoms with van der Waals surface area (Å²) in [6.45, 7) is 1.45. The summed E-state index contributed by atoms with van der Waals surface area (Å²) in [6, 6.07) is 6.21. The number of benzene rings is 1. The maximum Gasteiger partial charge on any atom is 0.391 e. The van der Waals surface area contributed by atoms with Gasteiger partial charge in [0.25, 0.3) is 0 Å². The van der Waals surface area contributed by atoms with Crippen molar-refractivity contribution in [3.8, 4) is 0 Å². The Morgan fingerprint density at radius 1 is 1.26 bits per heavy atom. The van der Waals surface area contributed by atoms with Crippen LogP contribution < -0.4 is 11.1 Å². The van der Waals surface area contributed by atoms with Crippen LogP contribution in [-0.2, 0) is 0 Å². The van der Waals surface area contributed by atoms with E-state index >= 15 is 0 Å². The van der Waals surface area contributed by atoms with E-state index in [9.17, 15) is 13.2 Å². The highest BCUT2D eigenvalue weighted by Crippen LogP contribution is 2.25. The van der Waals surface area contributed by atoms with Crippen LogP contribution in [0, 0.1) is 0 Å². The molecule has 0 saturated carbocycles. The number of nitrogens with one attached hydrogen (secondary N) is 1. The number of hydrogen-bond acceptors (Lipinski definition) is 4. The van der Waals surface area contributed by atoms with E-state index in [4.69, 9.17) is 5.73 Å². The van der Waals surface area contributed by atoms with Gasteiger partial charge >= 0.3 is 6.18 Å². The van der Waals surface area contributed by atoms with E-state index in [1.165, 1.54) is 6.92 Å². The molecule has 2 rings (SSSR count). The van der Waals surface area contributed by atoms with Gasteiger partial charge in [-0.15, -0.1) is 0 Å². The molecule has 0 fully saturated rings. The third-order valence-corrected chi connectivity index (χ3v) is 2.54. The Morgan fingerprint density at radius 3 is 2.63 bits per heavy atom. The van der Waals surface area contributed by atoms with Gasteiger partial charge in [-0.05, 0) is 19.1 Å². The van der Waals surface area contributed by atoms with Gasteiger partial charge in [-0.1, -0.05) is 12.1 Å². The quantitative estimate of drug-likeness (QED) is 0.900. The first-order chi connectivity index (χ1) is 8.85. The summed E-state index contributed by atoms with van der Waals surface area (Å²) in [7, 11) is 0. The molecular formula is C12H13F3N4. The molecule has 0 bridgehead atoms. The molecule has 0 spiro atoms. The zero-order valence-electron chi connectivity index (χ0n) is 10.2. The number of para-hydroxylation sites is 1. The summed E-state index contributed by atoms with van der Waals surface area (Å²) in [5.74, 6) is 0.347. The molecule has 2 aromatic rings. The van der Waals surface area contributed by atoms with Crippen molar-refractivity contribution < 1.29 is 13.2 Å². The van der Waals surface area contributed by atoms with Crippen molar-refractivity contribution >= 4 is 22.7 Å². The Morgan fingerprint density at radius 2 is 1.95 bits per heavy atom. The first-order valence-corrected chi connectivity index (χ1v) is 5.71. The van der Waals surface area contributed by atoms with Crippen molar-refractivity contribution in [3.63, 3.8) is 0 Å². The lowest BCUT2D eigenvalue weighted by Crippen LogP contribution is -2.24. The van der Waals surface area contributed by atoms with Gasteiger partial charge in [0.05, 0.1) is 11.9 Å². The minimum Gasteiger partial charge on any atom is -0.368 e. The molecule has 102 valence electrons. The normalized spacial score (nSPS) is 13.5. The smallest absolute Gasteiger partial charge is 0.368 e. The van der Waals surface area contributed by atoms with E-state index in [0.29, 0.717) is 16.7 Å². The van der Waals surface area contributed by atoms with Crippen LogP contribution in [0.25, 0.3) is 10.9 Å². The second kappa shape index (κ2) is 4.91. The largest absolute Gasteiger partial charge is 0.391 e. The summed E-state index contributed by atoms with van der Waals surface area (Å²) in [6.07, 6.45) is -5.16.